The Kier molecular flexibility index (Phi) is 13.5. The van der Waals surface area contributed by atoms with Crippen LogP contribution in [0.5, 0.6) is 23.0 Å². The molecule has 4 aromatic rings. The minimum Gasteiger partial charge on any atom is -0.465 e. The van der Waals surface area contributed by atoms with Crippen LogP contribution in [0, 0.1) is 22.5 Å². The van der Waals surface area contributed by atoms with Crippen molar-refractivity contribution in [3.8, 4) is 34.1 Å². The summed E-state index contributed by atoms with van der Waals surface area (Å²) in [5.41, 5.74) is 2.41. The number of ether oxygens (including phenoxy) is 8. The van der Waals surface area contributed by atoms with Gasteiger partial charge in [-0.1, -0.05) is 66.5 Å². The van der Waals surface area contributed by atoms with Crippen LogP contribution in [0.1, 0.15) is 112 Å². The molecule has 7 rings (SSSR count). The Hall–Kier alpha value is -4.88. The highest BCUT2D eigenvalue weighted by Gasteiger charge is 2.40. The Balaban J connectivity index is 0.976. The van der Waals surface area contributed by atoms with E-state index in [0.717, 1.165) is 47.9 Å². The zero-order chi connectivity index (χ0) is 43.4. The van der Waals surface area contributed by atoms with Crippen LogP contribution in [0.4, 0.5) is 8.78 Å². The van der Waals surface area contributed by atoms with Crippen LogP contribution in [0.25, 0.3) is 11.1 Å². The van der Waals surface area contributed by atoms with Crippen molar-refractivity contribution in [1.29, 1.82) is 0 Å². The molecule has 61 heavy (non-hydrogen) atoms. The van der Waals surface area contributed by atoms with Crippen molar-refractivity contribution in [2.24, 2.45) is 10.8 Å². The van der Waals surface area contributed by atoms with Crippen molar-refractivity contribution in [1.82, 2.24) is 0 Å². The first kappa shape index (κ1) is 44.2. The molecule has 2 aliphatic heterocycles. The maximum atomic E-state index is 15.4. The normalized spacial score (nSPS) is 17.5. The van der Waals surface area contributed by atoms with E-state index in [-0.39, 0.29) is 45.0 Å². The van der Waals surface area contributed by atoms with Crippen molar-refractivity contribution in [2.45, 2.75) is 98.1 Å². The molecule has 1 aliphatic carbocycles. The van der Waals surface area contributed by atoms with E-state index in [1.165, 1.54) is 36.4 Å². The molecule has 0 spiro atoms. The minimum atomic E-state index is -0.854. The van der Waals surface area contributed by atoms with E-state index in [0.29, 0.717) is 52.5 Å². The molecule has 0 N–H and O–H groups in total. The van der Waals surface area contributed by atoms with E-state index < -0.39 is 41.6 Å². The van der Waals surface area contributed by atoms with Crippen molar-refractivity contribution >= 4 is 11.9 Å². The molecule has 0 radical (unpaired) electrons. The van der Waals surface area contributed by atoms with E-state index in [1.807, 2.05) is 39.8 Å². The van der Waals surface area contributed by atoms with Gasteiger partial charge in [-0.15, -0.1) is 0 Å². The smallest absolute Gasteiger partial charge is 0.346 e. The van der Waals surface area contributed by atoms with E-state index in [9.17, 15) is 9.59 Å². The summed E-state index contributed by atoms with van der Waals surface area (Å²) in [5, 5.41) is 0. The molecule has 2 unspecified atom stereocenters. The summed E-state index contributed by atoms with van der Waals surface area (Å²) < 4.78 is 77.1. The summed E-state index contributed by atoms with van der Waals surface area (Å²) in [5.74, 6) is -2.28. The summed E-state index contributed by atoms with van der Waals surface area (Å²) in [6, 6.07) is 18.6. The molecule has 0 amide bonds. The predicted molar refractivity (Wildman–Crippen MR) is 224 cm³/mol. The maximum absolute atomic E-state index is 15.4. The summed E-state index contributed by atoms with van der Waals surface area (Å²) in [4.78, 5) is 26.5. The number of hydrogen-bond donors (Lipinski definition) is 0. The van der Waals surface area contributed by atoms with Gasteiger partial charge in [0.05, 0.1) is 50.8 Å². The number of fused-ring (bicyclic) bond motifs is 3. The van der Waals surface area contributed by atoms with Gasteiger partial charge in [0.15, 0.2) is 12.6 Å². The standard InChI is InChI=1S/C49H56F2O10/c1-7-11-43(56-29-48(9-3)25-54-26-48)58-33-15-19-37(41(50)23-33)45(52)60-31-13-17-35-36-18-14-32(22-40(36)47(5,6)39(35)21-31)61-46(53)38-20-16-34(24-42(38)51)59-44(12-8-2)57-30-49(10-4)27-55-28-49/h13-24,43-44H,7-12,25-30H2,1-6H3. The van der Waals surface area contributed by atoms with Gasteiger partial charge in [0, 0.05) is 41.2 Å². The van der Waals surface area contributed by atoms with Crippen LogP contribution in [-0.2, 0) is 24.4 Å². The maximum Gasteiger partial charge on any atom is 0.346 e. The van der Waals surface area contributed by atoms with Crippen molar-refractivity contribution in [2.75, 3.05) is 39.6 Å². The van der Waals surface area contributed by atoms with Crippen LogP contribution in [-0.4, -0.2) is 64.2 Å². The van der Waals surface area contributed by atoms with Gasteiger partial charge in [-0.2, -0.15) is 0 Å². The van der Waals surface area contributed by atoms with Gasteiger partial charge in [0.25, 0.3) is 0 Å². The Bertz CT molecular complexity index is 2050. The monoisotopic (exact) mass is 842 g/mol. The second-order valence-corrected chi connectivity index (χ2v) is 17.1. The summed E-state index contributed by atoms with van der Waals surface area (Å²) in [6.07, 6.45) is 3.58. The number of benzene rings is 4. The van der Waals surface area contributed by atoms with Crippen LogP contribution in [0.2, 0.25) is 0 Å². The quantitative estimate of drug-likeness (QED) is 0.0485. The molecular formula is C49H56F2O10. The molecule has 3 aliphatic rings. The molecule has 2 atom stereocenters. The van der Waals surface area contributed by atoms with Gasteiger partial charge in [-0.3, -0.25) is 0 Å². The minimum absolute atomic E-state index is 0.0201. The fourth-order valence-electron chi connectivity index (χ4n) is 7.84. The third-order valence-corrected chi connectivity index (χ3v) is 12.2. The van der Waals surface area contributed by atoms with Gasteiger partial charge in [0.1, 0.15) is 34.6 Å². The molecule has 4 aromatic carbocycles. The van der Waals surface area contributed by atoms with Crippen molar-refractivity contribution in [3.63, 3.8) is 0 Å². The lowest BCUT2D eigenvalue weighted by Gasteiger charge is -2.41. The molecular weight excluding hydrogens is 787 g/mol. The highest BCUT2D eigenvalue weighted by atomic mass is 19.1. The number of esters is 2. The van der Waals surface area contributed by atoms with E-state index in [1.54, 1.807) is 24.3 Å². The van der Waals surface area contributed by atoms with E-state index in [2.05, 4.69) is 13.8 Å². The molecule has 12 heteroatoms. The SMILES string of the molecule is CCCC(OCC1(CC)COC1)Oc1ccc(C(=O)Oc2ccc3c(c2)C(C)(C)c2cc(OC(=O)c4ccc(OC(CCC)OCC5(CC)COC5)cc4F)ccc2-3)c(F)c1. The molecule has 0 aromatic heterocycles. The van der Waals surface area contributed by atoms with Gasteiger partial charge in [0.2, 0.25) is 0 Å². The lowest BCUT2D eigenvalue weighted by atomic mass is 9.82. The molecule has 2 fully saturated rings. The summed E-state index contributed by atoms with van der Waals surface area (Å²) >= 11 is 0. The third kappa shape index (κ3) is 9.62. The Labute approximate surface area is 356 Å². The van der Waals surface area contributed by atoms with Gasteiger partial charge in [-0.25, -0.2) is 18.4 Å². The predicted octanol–water partition coefficient (Wildman–Crippen LogP) is 10.6. The zero-order valence-corrected chi connectivity index (χ0v) is 35.9. The first-order valence-corrected chi connectivity index (χ1v) is 21.4. The van der Waals surface area contributed by atoms with Gasteiger partial charge >= 0.3 is 11.9 Å². The van der Waals surface area contributed by atoms with E-state index >= 15 is 8.78 Å². The number of rotatable bonds is 20. The fourth-order valence-corrected chi connectivity index (χ4v) is 7.84. The molecule has 326 valence electrons. The van der Waals surface area contributed by atoms with Crippen LogP contribution < -0.4 is 18.9 Å². The third-order valence-electron chi connectivity index (χ3n) is 12.2. The second-order valence-electron chi connectivity index (χ2n) is 17.1. The number of halogens is 2. The van der Waals surface area contributed by atoms with Gasteiger partial charge < -0.3 is 37.9 Å². The average molecular weight is 843 g/mol. The summed E-state index contributed by atoms with van der Waals surface area (Å²) in [7, 11) is 0. The Morgan fingerprint density at radius 1 is 0.590 bits per heavy atom. The van der Waals surface area contributed by atoms with Crippen LogP contribution in [0.15, 0.2) is 72.8 Å². The number of hydrogen-bond acceptors (Lipinski definition) is 10. The Morgan fingerprint density at radius 2 is 0.984 bits per heavy atom. The first-order valence-electron chi connectivity index (χ1n) is 21.4. The lowest BCUT2D eigenvalue weighted by Crippen LogP contribution is -2.46. The van der Waals surface area contributed by atoms with Crippen molar-refractivity contribution < 1.29 is 56.3 Å². The lowest BCUT2D eigenvalue weighted by molar-refractivity contribution is -0.188. The molecule has 10 nitrogen and oxygen atoms in total. The highest BCUT2D eigenvalue weighted by Crippen LogP contribution is 2.50. The van der Waals surface area contributed by atoms with Crippen LogP contribution >= 0.6 is 0 Å². The average Bonchev–Trinajstić information content (AvgIpc) is 3.42. The topological polar surface area (TPSA) is 108 Å². The van der Waals surface area contributed by atoms with Crippen LogP contribution in [0.3, 0.4) is 0 Å². The molecule has 0 saturated carbocycles. The zero-order valence-electron chi connectivity index (χ0n) is 35.9. The molecule has 0 bridgehead atoms. The van der Waals surface area contributed by atoms with Gasteiger partial charge in [-0.05, 0) is 83.6 Å². The highest BCUT2D eigenvalue weighted by molar-refractivity contribution is 5.93. The molecule has 2 saturated heterocycles. The first-order chi connectivity index (χ1) is 29.3. The van der Waals surface area contributed by atoms with Crippen molar-refractivity contribution in [3.05, 3.63) is 107 Å². The second kappa shape index (κ2) is 18.6. The number of carbonyl (C=O) groups excluding carboxylic acids is 2. The Morgan fingerprint density at radius 3 is 1.31 bits per heavy atom. The van der Waals surface area contributed by atoms with E-state index in [4.69, 9.17) is 37.9 Å². The fraction of sp³-hybridized carbons (Fsp3) is 0.469. The molecule has 2 heterocycles. The number of carbonyl (C=O) groups is 2. The summed E-state index contributed by atoms with van der Waals surface area (Å²) in [6.45, 7) is 15.8. The largest absolute Gasteiger partial charge is 0.465 e.